The third-order valence-electron chi connectivity index (χ3n) is 6.11. The van der Waals surface area contributed by atoms with Crippen molar-refractivity contribution in [2.24, 2.45) is 7.05 Å². The molecule has 0 bridgehead atoms. The lowest BCUT2D eigenvalue weighted by Crippen LogP contribution is -2.28. The quantitative estimate of drug-likeness (QED) is 0.260. The zero-order valence-electron chi connectivity index (χ0n) is 22.3. The van der Waals surface area contributed by atoms with E-state index in [1.807, 2.05) is 43.4 Å². The number of rotatable bonds is 10. The maximum atomic E-state index is 12.2. The Morgan fingerprint density at radius 3 is 2.72 bits per heavy atom. The molecule has 4 aromatic rings. The van der Waals surface area contributed by atoms with E-state index in [1.165, 1.54) is 13.1 Å². The zero-order valence-corrected chi connectivity index (χ0v) is 22.3. The first-order valence-electron chi connectivity index (χ1n) is 12.2. The number of ether oxygens (including phenoxy) is 2. The molecule has 0 spiro atoms. The molecule has 2 aromatic carbocycles. The van der Waals surface area contributed by atoms with E-state index in [1.54, 1.807) is 25.4 Å². The summed E-state index contributed by atoms with van der Waals surface area (Å²) in [7, 11) is 6.86. The molecule has 2 heterocycles. The van der Waals surface area contributed by atoms with E-state index in [2.05, 4.69) is 44.2 Å². The van der Waals surface area contributed by atoms with E-state index in [-0.39, 0.29) is 12.5 Å². The Morgan fingerprint density at radius 2 is 1.97 bits per heavy atom. The summed E-state index contributed by atoms with van der Waals surface area (Å²) >= 11 is 0. The number of amides is 2. The number of aryl methyl sites for hydroxylation is 1. The Labute approximate surface area is 226 Å². The fourth-order valence-electron chi connectivity index (χ4n) is 4.14. The number of carbonyl (C=O) groups excluding carboxylic acids is 2. The van der Waals surface area contributed by atoms with Crippen LogP contribution < -0.4 is 25.6 Å². The van der Waals surface area contributed by atoms with Gasteiger partial charge in [0.2, 0.25) is 11.9 Å². The predicted molar refractivity (Wildman–Crippen MR) is 153 cm³/mol. The number of carbonyl (C=O) groups is 2. The first-order chi connectivity index (χ1) is 18.8. The first kappa shape index (κ1) is 27.0. The molecule has 2 aromatic heterocycles. The number of benzene rings is 2. The summed E-state index contributed by atoms with van der Waals surface area (Å²) < 4.78 is 12.8. The van der Waals surface area contributed by atoms with Gasteiger partial charge in [0, 0.05) is 56.1 Å². The van der Waals surface area contributed by atoms with Crippen LogP contribution in [0.1, 0.15) is 0 Å². The Hall–Kier alpha value is -5.06. The van der Waals surface area contributed by atoms with Gasteiger partial charge in [-0.25, -0.2) is 14.8 Å². The maximum absolute atomic E-state index is 12.2. The van der Waals surface area contributed by atoms with Gasteiger partial charge in [0.1, 0.15) is 12.4 Å². The van der Waals surface area contributed by atoms with Crippen molar-refractivity contribution < 1.29 is 19.1 Å². The summed E-state index contributed by atoms with van der Waals surface area (Å²) in [6.45, 7) is 4.06. The van der Waals surface area contributed by atoms with Gasteiger partial charge in [-0.15, -0.1) is 0 Å². The lowest BCUT2D eigenvalue weighted by Gasteiger charge is -2.24. The van der Waals surface area contributed by atoms with E-state index < -0.39 is 6.09 Å². The summed E-state index contributed by atoms with van der Waals surface area (Å²) in [5.41, 5.74) is 4.54. The molecule has 0 atom stereocenters. The molecule has 11 nitrogen and oxygen atoms in total. The number of nitrogens with zero attached hydrogens (tertiary/aromatic N) is 4. The largest absolute Gasteiger partial charge is 0.494 e. The number of fused-ring (bicyclic) bond motifs is 1. The second kappa shape index (κ2) is 12.0. The molecule has 0 aliphatic carbocycles. The van der Waals surface area contributed by atoms with Crippen LogP contribution in [-0.2, 0) is 16.6 Å². The molecule has 3 N–H and O–H groups in total. The Balaban J connectivity index is 1.66. The van der Waals surface area contributed by atoms with Crippen LogP contribution in [0.2, 0.25) is 0 Å². The standard InChI is InChI=1S/C28H31N7O4/c1-6-26(36)31-21-15-22(25(38-5)16-24(21)34(3)13-14-39-28(37)29-2)33-27-30-12-11-20(32-27)19-17-35(4)23-10-8-7-9-18(19)23/h6-12,15-17H,1,13-14H2,2-5H3,(H,29,37)(H,31,36)(H,30,32,33). The SMILES string of the molecule is C=CC(=O)Nc1cc(Nc2nccc(-c3cn(C)c4ccccc34)n2)c(OC)cc1N(C)CCOC(=O)NC. The number of hydrogen-bond donors (Lipinski definition) is 3. The number of anilines is 4. The smallest absolute Gasteiger partial charge is 0.406 e. The van der Waals surface area contributed by atoms with Crippen molar-refractivity contribution in [2.75, 3.05) is 49.9 Å². The Morgan fingerprint density at radius 1 is 1.18 bits per heavy atom. The van der Waals surface area contributed by atoms with Gasteiger partial charge in [-0.2, -0.15) is 0 Å². The minimum atomic E-state index is -0.522. The Bertz CT molecular complexity index is 1520. The first-order valence-corrected chi connectivity index (χ1v) is 12.2. The van der Waals surface area contributed by atoms with Crippen molar-refractivity contribution in [3.05, 3.63) is 67.5 Å². The minimum absolute atomic E-state index is 0.141. The van der Waals surface area contributed by atoms with Gasteiger partial charge in [-0.3, -0.25) is 4.79 Å². The molecule has 4 rings (SSSR count). The van der Waals surface area contributed by atoms with E-state index in [9.17, 15) is 9.59 Å². The Kier molecular flexibility index (Phi) is 8.30. The van der Waals surface area contributed by atoms with E-state index >= 15 is 0 Å². The molecule has 0 aliphatic rings. The van der Waals surface area contributed by atoms with Crippen molar-refractivity contribution in [2.45, 2.75) is 0 Å². The van der Waals surface area contributed by atoms with Crippen LogP contribution in [0, 0.1) is 0 Å². The summed E-state index contributed by atoms with van der Waals surface area (Å²) in [6, 6.07) is 13.5. The van der Waals surface area contributed by atoms with Crippen molar-refractivity contribution >= 4 is 45.9 Å². The van der Waals surface area contributed by atoms with Crippen LogP contribution in [0.5, 0.6) is 5.75 Å². The van der Waals surface area contributed by atoms with Crippen molar-refractivity contribution in [3.63, 3.8) is 0 Å². The predicted octanol–water partition coefficient (Wildman–Crippen LogP) is 4.30. The summed E-state index contributed by atoms with van der Waals surface area (Å²) in [5.74, 6) is 0.483. The fourth-order valence-corrected chi connectivity index (χ4v) is 4.14. The van der Waals surface area contributed by atoms with E-state index in [0.717, 1.165) is 22.2 Å². The van der Waals surface area contributed by atoms with Crippen LogP contribution in [0.3, 0.4) is 0 Å². The number of hydrogen-bond acceptors (Lipinski definition) is 8. The average molecular weight is 530 g/mol. The number of nitrogens with one attached hydrogen (secondary N) is 3. The van der Waals surface area contributed by atoms with Crippen LogP contribution in [-0.4, -0.2) is 60.9 Å². The molecule has 0 saturated heterocycles. The van der Waals surface area contributed by atoms with Crippen molar-refractivity contribution in [1.82, 2.24) is 19.9 Å². The van der Waals surface area contributed by atoms with Gasteiger partial charge in [0.05, 0.1) is 36.4 Å². The summed E-state index contributed by atoms with van der Waals surface area (Å²) in [4.78, 5) is 34.6. The number of alkyl carbamates (subject to hydrolysis) is 1. The molecular formula is C28H31N7O4. The molecule has 0 aliphatic heterocycles. The van der Waals surface area contributed by atoms with Gasteiger partial charge < -0.3 is 34.9 Å². The van der Waals surface area contributed by atoms with Gasteiger partial charge in [0.15, 0.2) is 0 Å². The molecule has 0 radical (unpaired) electrons. The average Bonchev–Trinajstić information content (AvgIpc) is 3.29. The normalized spacial score (nSPS) is 10.6. The van der Waals surface area contributed by atoms with Crippen molar-refractivity contribution in [1.29, 1.82) is 0 Å². The molecule has 11 heteroatoms. The van der Waals surface area contributed by atoms with Crippen LogP contribution in [0.4, 0.5) is 27.8 Å². The van der Waals surface area contributed by atoms with Crippen LogP contribution in [0.15, 0.2) is 67.5 Å². The van der Waals surface area contributed by atoms with Gasteiger partial charge in [0.25, 0.3) is 0 Å². The molecule has 2 amide bonds. The fraction of sp³-hybridized carbons (Fsp3) is 0.214. The lowest BCUT2D eigenvalue weighted by atomic mass is 10.1. The third-order valence-corrected chi connectivity index (χ3v) is 6.11. The number of methoxy groups -OCH3 is 1. The van der Waals surface area contributed by atoms with Gasteiger partial charge in [-0.1, -0.05) is 24.8 Å². The molecular weight excluding hydrogens is 498 g/mol. The highest BCUT2D eigenvalue weighted by Gasteiger charge is 2.17. The van der Waals surface area contributed by atoms with Crippen LogP contribution >= 0.6 is 0 Å². The lowest BCUT2D eigenvalue weighted by molar-refractivity contribution is -0.111. The second-order valence-electron chi connectivity index (χ2n) is 8.63. The molecule has 0 fully saturated rings. The third kappa shape index (κ3) is 6.09. The highest BCUT2D eigenvalue weighted by molar-refractivity contribution is 6.02. The minimum Gasteiger partial charge on any atom is -0.494 e. The topological polar surface area (TPSA) is 123 Å². The maximum Gasteiger partial charge on any atom is 0.406 e. The molecule has 202 valence electrons. The summed E-state index contributed by atoms with van der Waals surface area (Å²) in [5, 5.41) is 9.55. The second-order valence-corrected chi connectivity index (χ2v) is 8.63. The number of aromatic nitrogens is 3. The molecule has 0 saturated carbocycles. The molecule has 39 heavy (non-hydrogen) atoms. The number of likely N-dealkylation sites (N-methyl/N-ethyl adjacent to an activating group) is 1. The summed E-state index contributed by atoms with van der Waals surface area (Å²) in [6.07, 6.45) is 4.39. The highest BCUT2D eigenvalue weighted by Crippen LogP contribution is 2.38. The zero-order chi connectivity index (χ0) is 27.9. The van der Waals surface area contributed by atoms with Gasteiger partial charge in [-0.05, 0) is 24.3 Å². The monoisotopic (exact) mass is 529 g/mol. The van der Waals surface area contributed by atoms with Gasteiger partial charge >= 0.3 is 6.09 Å². The number of para-hydroxylation sites is 1. The van der Waals surface area contributed by atoms with E-state index in [0.29, 0.717) is 35.3 Å². The van der Waals surface area contributed by atoms with Crippen molar-refractivity contribution in [3.8, 4) is 17.0 Å². The van der Waals surface area contributed by atoms with Crippen LogP contribution in [0.25, 0.3) is 22.2 Å². The van der Waals surface area contributed by atoms with E-state index in [4.69, 9.17) is 14.5 Å². The highest BCUT2D eigenvalue weighted by atomic mass is 16.5. The molecule has 0 unspecified atom stereocenters.